The van der Waals surface area contributed by atoms with E-state index in [4.69, 9.17) is 0 Å². The van der Waals surface area contributed by atoms with Crippen LogP contribution in [0.3, 0.4) is 0 Å². The first kappa shape index (κ1) is 17.9. The molecule has 4 heteroatoms. The quantitative estimate of drug-likeness (QED) is 0.612. The van der Waals surface area contributed by atoms with Crippen molar-refractivity contribution in [2.45, 2.75) is 39.0 Å². The number of aromatic amines is 1. The predicted molar refractivity (Wildman–Crippen MR) is 103 cm³/mol. The number of carboxylic acids is 1. The fourth-order valence-corrected chi connectivity index (χ4v) is 3.18. The number of rotatable bonds is 6. The molecular formula is C22H23NO3. The van der Waals surface area contributed by atoms with Gasteiger partial charge >= 0.3 is 5.97 Å². The molecule has 1 atom stereocenters. The van der Waals surface area contributed by atoms with Crippen molar-refractivity contribution in [2.24, 2.45) is 0 Å². The minimum Gasteiger partial charge on any atom is -0.481 e. The number of nitrogens with one attached hydrogen (secondary N) is 1. The zero-order valence-corrected chi connectivity index (χ0v) is 15.2. The SMILES string of the molecule is Cc1ccc(C(=O)CC(C(=O)O)c2c[nH]c3ccc(C(C)C)cc23)cc1. The summed E-state index contributed by atoms with van der Waals surface area (Å²) >= 11 is 0. The molecule has 134 valence electrons. The third kappa shape index (κ3) is 3.54. The average Bonchev–Trinajstić information content (AvgIpc) is 3.02. The van der Waals surface area contributed by atoms with Gasteiger partial charge in [-0.2, -0.15) is 0 Å². The summed E-state index contributed by atoms with van der Waals surface area (Å²) in [5.41, 5.74) is 4.31. The monoisotopic (exact) mass is 349 g/mol. The minimum atomic E-state index is -0.985. The number of ketones is 1. The molecule has 0 aliphatic rings. The van der Waals surface area contributed by atoms with Crippen LogP contribution in [0.4, 0.5) is 0 Å². The van der Waals surface area contributed by atoms with E-state index in [9.17, 15) is 14.7 Å². The van der Waals surface area contributed by atoms with Gasteiger partial charge in [-0.05, 0) is 36.1 Å². The molecule has 0 fully saturated rings. The van der Waals surface area contributed by atoms with Crippen molar-refractivity contribution >= 4 is 22.7 Å². The molecule has 26 heavy (non-hydrogen) atoms. The third-order valence-electron chi connectivity index (χ3n) is 4.84. The smallest absolute Gasteiger partial charge is 0.311 e. The van der Waals surface area contributed by atoms with E-state index in [1.807, 2.05) is 37.3 Å². The van der Waals surface area contributed by atoms with Gasteiger partial charge in [-0.25, -0.2) is 0 Å². The zero-order chi connectivity index (χ0) is 18.8. The van der Waals surface area contributed by atoms with E-state index < -0.39 is 11.9 Å². The van der Waals surface area contributed by atoms with Gasteiger partial charge in [-0.1, -0.05) is 49.7 Å². The Bertz CT molecular complexity index is 951. The topological polar surface area (TPSA) is 70.2 Å². The van der Waals surface area contributed by atoms with Gasteiger partial charge in [0.1, 0.15) is 0 Å². The Labute approximate surface area is 152 Å². The molecule has 3 rings (SSSR count). The maximum atomic E-state index is 12.6. The van der Waals surface area contributed by atoms with Gasteiger partial charge in [0, 0.05) is 29.1 Å². The van der Waals surface area contributed by atoms with Crippen LogP contribution < -0.4 is 0 Å². The van der Waals surface area contributed by atoms with Gasteiger partial charge in [0.05, 0.1) is 5.92 Å². The molecule has 0 bridgehead atoms. The number of aliphatic carboxylic acids is 1. The van der Waals surface area contributed by atoms with E-state index in [0.29, 0.717) is 17.0 Å². The highest BCUT2D eigenvalue weighted by Gasteiger charge is 2.26. The van der Waals surface area contributed by atoms with Crippen molar-refractivity contribution in [1.29, 1.82) is 0 Å². The first-order valence-electron chi connectivity index (χ1n) is 8.80. The van der Waals surface area contributed by atoms with Gasteiger partial charge in [-0.3, -0.25) is 9.59 Å². The van der Waals surface area contributed by atoms with Crippen molar-refractivity contribution in [1.82, 2.24) is 4.98 Å². The summed E-state index contributed by atoms with van der Waals surface area (Å²) < 4.78 is 0. The van der Waals surface area contributed by atoms with Crippen molar-refractivity contribution in [2.75, 3.05) is 0 Å². The Morgan fingerprint density at radius 3 is 2.38 bits per heavy atom. The highest BCUT2D eigenvalue weighted by molar-refractivity contribution is 6.00. The molecule has 0 saturated carbocycles. The Balaban J connectivity index is 1.96. The first-order valence-corrected chi connectivity index (χ1v) is 8.80. The van der Waals surface area contributed by atoms with E-state index in [1.165, 1.54) is 0 Å². The molecule has 0 aliphatic heterocycles. The first-order chi connectivity index (χ1) is 12.4. The standard InChI is InChI=1S/C22H23NO3/c1-13(2)16-8-9-20-17(10-16)19(12-23-20)18(22(25)26)11-21(24)15-6-4-14(3)5-7-15/h4-10,12-13,18,23H,11H2,1-3H3,(H,25,26). The van der Waals surface area contributed by atoms with Crippen LogP contribution in [0.25, 0.3) is 10.9 Å². The molecule has 0 aliphatic carbocycles. The molecule has 1 unspecified atom stereocenters. The number of benzene rings is 2. The Morgan fingerprint density at radius 2 is 1.77 bits per heavy atom. The van der Waals surface area contributed by atoms with Gasteiger partial charge in [0.25, 0.3) is 0 Å². The normalized spacial score (nSPS) is 12.5. The second-order valence-corrected chi connectivity index (χ2v) is 7.09. The molecule has 0 saturated heterocycles. The second kappa shape index (κ2) is 7.16. The third-order valence-corrected chi connectivity index (χ3v) is 4.84. The summed E-state index contributed by atoms with van der Waals surface area (Å²) in [5.74, 6) is -1.67. The summed E-state index contributed by atoms with van der Waals surface area (Å²) in [5, 5.41) is 10.6. The number of carbonyl (C=O) groups is 2. The summed E-state index contributed by atoms with van der Waals surface area (Å²) in [6.45, 7) is 6.15. The van der Waals surface area contributed by atoms with Crippen molar-refractivity contribution in [3.8, 4) is 0 Å². The Morgan fingerprint density at radius 1 is 1.08 bits per heavy atom. The molecule has 3 aromatic rings. The Kier molecular flexibility index (Phi) is 4.94. The molecule has 2 N–H and O–H groups in total. The average molecular weight is 349 g/mol. The number of carbonyl (C=O) groups excluding carboxylic acids is 1. The minimum absolute atomic E-state index is 0.0583. The lowest BCUT2D eigenvalue weighted by Crippen LogP contribution is -2.16. The van der Waals surface area contributed by atoms with Crippen molar-refractivity contribution in [3.63, 3.8) is 0 Å². The predicted octanol–water partition coefficient (Wildman–Crippen LogP) is 5.04. The van der Waals surface area contributed by atoms with Crippen LogP contribution in [0.15, 0.2) is 48.7 Å². The number of aromatic nitrogens is 1. The highest BCUT2D eigenvalue weighted by atomic mass is 16.4. The van der Waals surface area contributed by atoms with E-state index in [-0.39, 0.29) is 12.2 Å². The molecule has 0 amide bonds. The lowest BCUT2D eigenvalue weighted by molar-refractivity contribution is -0.138. The summed E-state index contributed by atoms with van der Waals surface area (Å²) in [7, 11) is 0. The number of fused-ring (bicyclic) bond motifs is 1. The van der Waals surface area contributed by atoms with Crippen LogP contribution in [0.2, 0.25) is 0 Å². The Hall–Kier alpha value is -2.88. The molecule has 4 nitrogen and oxygen atoms in total. The second-order valence-electron chi connectivity index (χ2n) is 7.09. The molecule has 1 heterocycles. The maximum absolute atomic E-state index is 12.6. The van der Waals surface area contributed by atoms with E-state index in [0.717, 1.165) is 22.0 Å². The van der Waals surface area contributed by atoms with E-state index in [2.05, 4.69) is 18.8 Å². The highest BCUT2D eigenvalue weighted by Crippen LogP contribution is 2.31. The number of hydrogen-bond acceptors (Lipinski definition) is 2. The van der Waals surface area contributed by atoms with Crippen molar-refractivity contribution in [3.05, 3.63) is 70.9 Å². The molecule has 1 aromatic heterocycles. The number of carboxylic acid groups (broad SMARTS) is 1. The lowest BCUT2D eigenvalue weighted by Gasteiger charge is -2.12. The lowest BCUT2D eigenvalue weighted by atomic mass is 9.90. The zero-order valence-electron chi connectivity index (χ0n) is 15.2. The summed E-state index contributed by atoms with van der Waals surface area (Å²) in [6, 6.07) is 13.3. The van der Waals surface area contributed by atoms with Gasteiger partial charge in [-0.15, -0.1) is 0 Å². The number of Topliss-reactive ketones (excluding diaryl/α,β-unsaturated/α-hetero) is 1. The van der Waals surface area contributed by atoms with Crippen LogP contribution in [-0.2, 0) is 4.79 Å². The fraction of sp³-hybridized carbons (Fsp3) is 0.273. The van der Waals surface area contributed by atoms with Crippen LogP contribution in [0.1, 0.15) is 59.2 Å². The van der Waals surface area contributed by atoms with Crippen LogP contribution in [-0.4, -0.2) is 21.8 Å². The molecule has 2 aromatic carbocycles. The number of aryl methyl sites for hydroxylation is 1. The van der Waals surface area contributed by atoms with Gasteiger partial charge < -0.3 is 10.1 Å². The van der Waals surface area contributed by atoms with Crippen LogP contribution in [0, 0.1) is 6.92 Å². The van der Waals surface area contributed by atoms with Crippen LogP contribution >= 0.6 is 0 Å². The maximum Gasteiger partial charge on any atom is 0.311 e. The molecule has 0 spiro atoms. The largest absolute Gasteiger partial charge is 0.481 e. The summed E-state index contributed by atoms with van der Waals surface area (Å²) in [4.78, 5) is 27.7. The van der Waals surface area contributed by atoms with E-state index >= 15 is 0 Å². The number of H-pyrrole nitrogens is 1. The van der Waals surface area contributed by atoms with Gasteiger partial charge in [0.2, 0.25) is 0 Å². The molecule has 0 radical (unpaired) electrons. The van der Waals surface area contributed by atoms with Crippen LogP contribution in [0.5, 0.6) is 0 Å². The van der Waals surface area contributed by atoms with Crippen molar-refractivity contribution < 1.29 is 14.7 Å². The summed E-state index contributed by atoms with van der Waals surface area (Å²) in [6.07, 6.45) is 1.66. The fourth-order valence-electron chi connectivity index (χ4n) is 3.18. The number of hydrogen-bond donors (Lipinski definition) is 2. The van der Waals surface area contributed by atoms with E-state index in [1.54, 1.807) is 18.3 Å². The molecular weight excluding hydrogens is 326 g/mol. The van der Waals surface area contributed by atoms with Gasteiger partial charge in [0.15, 0.2) is 5.78 Å².